The quantitative estimate of drug-likeness (QED) is 0.126. The Hall–Kier alpha value is -12.5. The maximum absolute atomic E-state index is 7.82. The highest BCUT2D eigenvalue weighted by Gasteiger charge is 2.30. The summed E-state index contributed by atoms with van der Waals surface area (Å²) >= 11 is 0. The SMILES string of the molecule is C1=Cc2c(-c3ccccc3)cccc2N(c2ccc3c4ccc(-c5ccc(-c6cccc(-c7cccc8cc9cccnc9cc78)c6)cc5)c5oc6cc(-c7cccc(-c8ccccc8)n7)cc(c7ccc(N(c8ccccc8)c8cccnc8)c8oc2c3c87)c6c54)C1. The minimum absolute atomic E-state index is 0.648. The van der Waals surface area contributed by atoms with Crippen molar-refractivity contribution in [2.24, 2.45) is 0 Å². The highest BCUT2D eigenvalue weighted by molar-refractivity contribution is 6.39. The van der Waals surface area contributed by atoms with Crippen LogP contribution in [0.1, 0.15) is 5.56 Å². The van der Waals surface area contributed by atoms with E-state index in [0.29, 0.717) is 6.54 Å². The monoisotopic (exact) mass is 1190 g/mol. The van der Waals surface area contributed by atoms with Crippen molar-refractivity contribution in [3.05, 3.63) is 309 Å². The van der Waals surface area contributed by atoms with Crippen LogP contribution in [0.25, 0.3) is 160 Å². The normalized spacial score (nSPS) is 12.4. The van der Waals surface area contributed by atoms with Crippen molar-refractivity contribution >= 4 is 122 Å². The van der Waals surface area contributed by atoms with Gasteiger partial charge in [-0.15, -0.1) is 0 Å². The van der Waals surface area contributed by atoms with Gasteiger partial charge in [-0.25, -0.2) is 4.98 Å². The fourth-order valence-corrected chi connectivity index (χ4v) is 14.7. The second kappa shape index (κ2) is 21.1. The largest absolute Gasteiger partial charge is 0.455 e. The highest BCUT2D eigenvalue weighted by atomic mass is 16.3. The predicted octanol–water partition coefficient (Wildman–Crippen LogP) is 23.4. The third kappa shape index (κ3) is 8.48. The lowest BCUT2D eigenvalue weighted by molar-refractivity contribution is 0.668. The summed E-state index contributed by atoms with van der Waals surface area (Å²) in [7, 11) is 0. The summed E-state index contributed by atoms with van der Waals surface area (Å²) in [6.07, 6.45) is 10.2. The second-order valence-electron chi connectivity index (χ2n) is 24.1. The van der Waals surface area contributed by atoms with Gasteiger partial charge < -0.3 is 18.6 Å². The Kier molecular flexibility index (Phi) is 11.9. The number of rotatable bonds is 10. The number of nitrogens with zero attached hydrogens (tertiary/aromatic N) is 5. The van der Waals surface area contributed by atoms with Crippen molar-refractivity contribution in [3.8, 4) is 67.0 Å². The van der Waals surface area contributed by atoms with E-state index >= 15 is 0 Å². The molecule has 0 atom stereocenters. The molecule has 0 aliphatic carbocycles. The summed E-state index contributed by atoms with van der Waals surface area (Å²) in [5, 5.41) is 11.8. The van der Waals surface area contributed by atoms with Crippen LogP contribution in [0.4, 0.5) is 28.4 Å². The lowest BCUT2D eigenvalue weighted by atomic mass is 9.90. The maximum Gasteiger partial charge on any atom is 0.160 e. The zero-order chi connectivity index (χ0) is 61.1. The molecule has 0 N–H and O–H groups in total. The molecule has 6 heterocycles. The minimum Gasteiger partial charge on any atom is -0.455 e. The van der Waals surface area contributed by atoms with Crippen LogP contribution in [0, 0.1) is 0 Å². The van der Waals surface area contributed by atoms with Crippen molar-refractivity contribution in [2.45, 2.75) is 0 Å². The van der Waals surface area contributed by atoms with E-state index in [2.05, 4.69) is 288 Å². The van der Waals surface area contributed by atoms with Crippen molar-refractivity contribution in [3.63, 3.8) is 0 Å². The number of fused-ring (bicyclic) bond motifs is 5. The van der Waals surface area contributed by atoms with E-state index in [1.54, 1.807) is 0 Å². The molecule has 0 amide bonds. The van der Waals surface area contributed by atoms with Crippen LogP contribution in [-0.4, -0.2) is 21.5 Å². The van der Waals surface area contributed by atoms with Gasteiger partial charge in [0.15, 0.2) is 11.2 Å². The van der Waals surface area contributed by atoms with Crippen molar-refractivity contribution in [1.82, 2.24) is 15.0 Å². The molecule has 5 aromatic heterocycles. The summed E-state index contributed by atoms with van der Waals surface area (Å²) in [5.74, 6) is 0. The number of hydrogen-bond donors (Lipinski definition) is 0. The lowest BCUT2D eigenvalue weighted by Crippen LogP contribution is -2.20. The zero-order valence-electron chi connectivity index (χ0n) is 50.2. The van der Waals surface area contributed by atoms with Gasteiger partial charge in [0.25, 0.3) is 0 Å². The summed E-state index contributed by atoms with van der Waals surface area (Å²) in [5.41, 5.74) is 22.9. The molecule has 93 heavy (non-hydrogen) atoms. The molecule has 7 nitrogen and oxygen atoms in total. The molecule has 0 bridgehead atoms. The van der Waals surface area contributed by atoms with Crippen LogP contribution in [0.5, 0.6) is 0 Å². The molecule has 7 heteroatoms. The van der Waals surface area contributed by atoms with Gasteiger partial charge in [0.2, 0.25) is 0 Å². The Labute approximate surface area is 535 Å². The summed E-state index contributed by atoms with van der Waals surface area (Å²) < 4.78 is 15.4. The Balaban J connectivity index is 0.861. The fourth-order valence-electron chi connectivity index (χ4n) is 14.7. The van der Waals surface area contributed by atoms with Gasteiger partial charge in [-0.05, 0) is 168 Å². The Morgan fingerprint density at radius 2 is 1.02 bits per heavy atom. The third-order valence-corrected chi connectivity index (χ3v) is 18.9. The minimum atomic E-state index is 0.648. The molecule has 0 radical (unpaired) electrons. The number of benzene rings is 12. The van der Waals surface area contributed by atoms with Crippen LogP contribution in [0.3, 0.4) is 0 Å². The summed E-state index contributed by atoms with van der Waals surface area (Å²) in [6.45, 7) is 0.648. The Morgan fingerprint density at radius 1 is 0.366 bits per heavy atom. The van der Waals surface area contributed by atoms with Crippen LogP contribution >= 0.6 is 0 Å². The zero-order valence-corrected chi connectivity index (χ0v) is 50.2. The number of aromatic nitrogens is 3. The van der Waals surface area contributed by atoms with E-state index in [1.807, 2.05) is 36.8 Å². The van der Waals surface area contributed by atoms with Gasteiger partial charge in [-0.1, -0.05) is 194 Å². The molecule has 19 rings (SSSR count). The summed E-state index contributed by atoms with van der Waals surface area (Å²) in [6, 6.07) is 99.9. The smallest absolute Gasteiger partial charge is 0.160 e. The van der Waals surface area contributed by atoms with Crippen molar-refractivity contribution < 1.29 is 8.83 Å². The lowest BCUT2D eigenvalue weighted by Gasteiger charge is -2.29. The van der Waals surface area contributed by atoms with Gasteiger partial charge in [-0.2, -0.15) is 0 Å². The molecule has 13 aromatic carbocycles. The van der Waals surface area contributed by atoms with E-state index in [1.165, 1.54) is 27.5 Å². The number of anilines is 5. The third-order valence-electron chi connectivity index (χ3n) is 18.9. The highest BCUT2D eigenvalue weighted by Crippen LogP contribution is 2.54. The number of pyridine rings is 3. The van der Waals surface area contributed by atoms with Crippen molar-refractivity contribution in [1.29, 1.82) is 0 Å². The van der Waals surface area contributed by atoms with E-state index in [0.717, 1.165) is 161 Å². The molecule has 0 fully saturated rings. The van der Waals surface area contributed by atoms with Crippen LogP contribution < -0.4 is 9.80 Å². The molecule has 0 unspecified atom stereocenters. The molecule has 434 valence electrons. The Bertz CT molecular complexity index is 5980. The van der Waals surface area contributed by atoms with E-state index in [9.17, 15) is 0 Å². The first-order valence-electron chi connectivity index (χ1n) is 31.6. The maximum atomic E-state index is 7.82. The predicted molar refractivity (Wildman–Crippen MR) is 385 cm³/mol. The van der Waals surface area contributed by atoms with E-state index in [-0.39, 0.29) is 0 Å². The van der Waals surface area contributed by atoms with Gasteiger partial charge in [0.05, 0.1) is 40.2 Å². The molecular formula is C86H53N5O2. The molecule has 18 aromatic rings. The first kappa shape index (κ1) is 52.5. The standard InChI is InChI=1S/C86H53N5O2/c1-4-17-54(18-5-1)64-29-12-33-76-67(64)30-16-46-90(76)77-42-40-69-68-39-38-66(55-36-34-53(35-37-55)57-21-10-22-58(47-57)65-28-11-23-59-48-60-24-14-45-88-75(60)51-71(59)65)84-81(68)80-72(49-61(50-79(80)92-84)74-32-13-31-73(89-74)56-19-6-2-7-20-56)70-41-43-78(86-83(70)82(69)85(77)93-86)91(62-25-8-3-9-26-62)63-27-15-44-87-52-63/h1-45,47-52H,46H2. The molecule has 1 aliphatic rings. The first-order valence-corrected chi connectivity index (χ1v) is 31.6. The average Bonchev–Trinajstić information content (AvgIpc) is 1.57. The molecular weight excluding hydrogens is 1130 g/mol. The van der Waals surface area contributed by atoms with Crippen LogP contribution in [-0.2, 0) is 0 Å². The second-order valence-corrected chi connectivity index (χ2v) is 24.1. The number of furan rings is 2. The van der Waals surface area contributed by atoms with Gasteiger partial charge >= 0.3 is 0 Å². The summed E-state index contributed by atoms with van der Waals surface area (Å²) in [4.78, 5) is 19.5. The van der Waals surface area contributed by atoms with Gasteiger partial charge in [-0.3, -0.25) is 9.97 Å². The first-order chi connectivity index (χ1) is 46.1. The average molecular weight is 1190 g/mol. The van der Waals surface area contributed by atoms with Gasteiger partial charge in [0, 0.05) is 79.5 Å². The Morgan fingerprint density at radius 3 is 1.86 bits per heavy atom. The molecule has 0 saturated heterocycles. The molecule has 1 aliphatic heterocycles. The number of para-hydroxylation sites is 1. The van der Waals surface area contributed by atoms with Crippen LogP contribution in [0.2, 0.25) is 0 Å². The molecule has 0 saturated carbocycles. The molecule has 0 spiro atoms. The van der Waals surface area contributed by atoms with E-state index < -0.39 is 0 Å². The fraction of sp³-hybridized carbons (Fsp3) is 0.0116. The number of hydrogen-bond acceptors (Lipinski definition) is 7. The van der Waals surface area contributed by atoms with Gasteiger partial charge in [0.1, 0.15) is 11.2 Å². The topological polar surface area (TPSA) is 71.4 Å². The van der Waals surface area contributed by atoms with E-state index in [4.69, 9.17) is 18.8 Å². The van der Waals surface area contributed by atoms with Crippen molar-refractivity contribution in [2.75, 3.05) is 16.3 Å². The van der Waals surface area contributed by atoms with Crippen LogP contribution in [0.15, 0.2) is 313 Å².